The van der Waals surface area contributed by atoms with Crippen molar-refractivity contribution in [2.75, 3.05) is 11.4 Å². The molecule has 1 N–H and O–H groups in total. The first kappa shape index (κ1) is 22.6. The Morgan fingerprint density at radius 1 is 0.903 bits per heavy atom. The quantitative estimate of drug-likeness (QED) is 0.596. The largest absolute Gasteiger partial charge is 0.346 e. The van der Waals surface area contributed by atoms with E-state index in [1.54, 1.807) is 49.4 Å². The smallest absolute Gasteiger partial charge is 0.264 e. The molecule has 0 unspecified atom stereocenters. The second-order valence-electron chi connectivity index (χ2n) is 7.84. The number of rotatable bonds is 6. The third-order valence-corrected chi connectivity index (χ3v) is 7.27. The van der Waals surface area contributed by atoms with Crippen molar-refractivity contribution in [3.05, 3.63) is 94.5 Å². The van der Waals surface area contributed by atoms with Crippen molar-refractivity contribution in [3.63, 3.8) is 0 Å². The first-order valence-corrected chi connectivity index (χ1v) is 11.6. The van der Waals surface area contributed by atoms with Gasteiger partial charge in [-0.1, -0.05) is 42.0 Å². The van der Waals surface area contributed by atoms with Crippen molar-refractivity contribution >= 4 is 21.6 Å². The molecule has 6 heteroatoms. The van der Waals surface area contributed by atoms with Gasteiger partial charge in [0.2, 0.25) is 0 Å². The van der Waals surface area contributed by atoms with Gasteiger partial charge >= 0.3 is 0 Å². The minimum Gasteiger partial charge on any atom is -0.346 e. The number of hydrogen-bond donors (Lipinski definition) is 1. The highest BCUT2D eigenvalue weighted by atomic mass is 32.2. The Balaban J connectivity index is 1.81. The standard InChI is InChI=1S/C25H28N2O3S/c1-17-10-13-22(14-11-17)31(29,30)27(5)24-15-12-21(16-19(24)3)25(28)26-20(4)23-9-7-6-8-18(23)2/h6-16,20H,1-5H3,(H,26,28)/t20-/m0/s1. The minimum atomic E-state index is -3.69. The molecule has 0 aliphatic rings. The van der Waals surface area contributed by atoms with Gasteiger partial charge in [0, 0.05) is 12.6 Å². The molecule has 0 bridgehead atoms. The van der Waals surface area contributed by atoms with Crippen LogP contribution in [0.25, 0.3) is 0 Å². The summed E-state index contributed by atoms with van der Waals surface area (Å²) in [6.45, 7) is 7.68. The third kappa shape index (κ3) is 4.80. The van der Waals surface area contributed by atoms with E-state index in [4.69, 9.17) is 0 Å². The molecule has 1 amide bonds. The predicted molar refractivity (Wildman–Crippen MR) is 125 cm³/mol. The van der Waals surface area contributed by atoms with Gasteiger partial charge in [0.05, 0.1) is 16.6 Å². The van der Waals surface area contributed by atoms with Crippen LogP contribution in [0.4, 0.5) is 5.69 Å². The summed E-state index contributed by atoms with van der Waals surface area (Å²) in [4.78, 5) is 13.0. The molecule has 3 aromatic carbocycles. The maximum Gasteiger partial charge on any atom is 0.264 e. The number of hydrogen-bond acceptors (Lipinski definition) is 3. The first-order chi connectivity index (χ1) is 14.6. The van der Waals surface area contributed by atoms with E-state index < -0.39 is 10.0 Å². The van der Waals surface area contributed by atoms with Gasteiger partial charge in [0.1, 0.15) is 0 Å². The van der Waals surface area contributed by atoms with E-state index in [1.165, 1.54) is 11.4 Å². The Kier molecular flexibility index (Phi) is 6.51. The van der Waals surface area contributed by atoms with E-state index in [1.807, 2.05) is 45.0 Å². The SMILES string of the molecule is Cc1ccc(S(=O)(=O)N(C)c2ccc(C(=O)N[C@@H](C)c3ccccc3C)cc2C)cc1. The van der Waals surface area contributed by atoms with E-state index in [-0.39, 0.29) is 16.8 Å². The van der Waals surface area contributed by atoms with Crippen LogP contribution in [0.5, 0.6) is 0 Å². The fraction of sp³-hybridized carbons (Fsp3) is 0.240. The molecule has 5 nitrogen and oxygen atoms in total. The number of anilines is 1. The molecule has 0 fully saturated rings. The molecule has 1 atom stereocenters. The van der Waals surface area contributed by atoms with Crippen molar-refractivity contribution in [2.24, 2.45) is 0 Å². The topological polar surface area (TPSA) is 66.5 Å². The highest BCUT2D eigenvalue weighted by molar-refractivity contribution is 7.92. The zero-order chi connectivity index (χ0) is 22.8. The van der Waals surface area contributed by atoms with Gasteiger partial charge in [-0.05, 0) is 74.7 Å². The highest BCUT2D eigenvalue weighted by Gasteiger charge is 2.23. The summed E-state index contributed by atoms with van der Waals surface area (Å²) in [5.41, 5.74) is 4.90. The normalized spacial score (nSPS) is 12.3. The highest BCUT2D eigenvalue weighted by Crippen LogP contribution is 2.27. The maximum atomic E-state index is 13.0. The molecule has 3 aromatic rings. The van der Waals surface area contributed by atoms with Crippen LogP contribution >= 0.6 is 0 Å². The van der Waals surface area contributed by atoms with Gasteiger partial charge in [-0.2, -0.15) is 0 Å². The monoisotopic (exact) mass is 436 g/mol. The number of benzene rings is 3. The van der Waals surface area contributed by atoms with Crippen LogP contribution in [0.15, 0.2) is 71.6 Å². The molecule has 0 aliphatic carbocycles. The molecule has 0 saturated carbocycles. The fourth-order valence-corrected chi connectivity index (χ4v) is 4.84. The summed E-state index contributed by atoms with van der Waals surface area (Å²) in [5, 5.41) is 3.02. The summed E-state index contributed by atoms with van der Waals surface area (Å²) < 4.78 is 27.2. The van der Waals surface area contributed by atoms with Gasteiger partial charge in [-0.25, -0.2) is 8.42 Å². The number of nitrogens with zero attached hydrogens (tertiary/aromatic N) is 1. The van der Waals surface area contributed by atoms with E-state index >= 15 is 0 Å². The molecule has 31 heavy (non-hydrogen) atoms. The van der Waals surface area contributed by atoms with Crippen molar-refractivity contribution in [1.82, 2.24) is 5.32 Å². The van der Waals surface area contributed by atoms with Crippen LogP contribution in [-0.4, -0.2) is 21.4 Å². The Labute approximate surface area is 184 Å². The first-order valence-electron chi connectivity index (χ1n) is 10.1. The van der Waals surface area contributed by atoms with Crippen molar-refractivity contribution < 1.29 is 13.2 Å². The second kappa shape index (κ2) is 8.94. The fourth-order valence-electron chi connectivity index (χ4n) is 3.58. The van der Waals surface area contributed by atoms with Crippen LogP contribution in [0.3, 0.4) is 0 Å². The van der Waals surface area contributed by atoms with Crippen LogP contribution < -0.4 is 9.62 Å². The van der Waals surface area contributed by atoms with Gasteiger partial charge in [0.15, 0.2) is 0 Å². The van der Waals surface area contributed by atoms with Crippen LogP contribution in [0.1, 0.15) is 45.6 Å². The molecule has 0 aromatic heterocycles. The van der Waals surface area contributed by atoms with Crippen LogP contribution in [0, 0.1) is 20.8 Å². The molecule has 0 aliphatic heterocycles. The Morgan fingerprint density at radius 3 is 2.16 bits per heavy atom. The number of carbonyl (C=O) groups is 1. The molecule has 162 valence electrons. The summed E-state index contributed by atoms with van der Waals surface area (Å²) in [5.74, 6) is -0.200. The van der Waals surface area contributed by atoms with Crippen molar-refractivity contribution in [3.8, 4) is 0 Å². The zero-order valence-electron chi connectivity index (χ0n) is 18.5. The van der Waals surface area contributed by atoms with Crippen LogP contribution in [0.2, 0.25) is 0 Å². The average molecular weight is 437 g/mol. The van der Waals surface area contributed by atoms with Gasteiger partial charge in [-0.15, -0.1) is 0 Å². The number of sulfonamides is 1. The van der Waals surface area contributed by atoms with E-state index in [2.05, 4.69) is 5.32 Å². The predicted octanol–water partition coefficient (Wildman–Crippen LogP) is 4.93. The summed E-state index contributed by atoms with van der Waals surface area (Å²) in [7, 11) is -2.17. The summed E-state index contributed by atoms with van der Waals surface area (Å²) in [6.07, 6.45) is 0. The summed E-state index contributed by atoms with van der Waals surface area (Å²) in [6, 6.07) is 19.6. The molecule has 0 heterocycles. The molecular formula is C25H28N2O3S. The van der Waals surface area contributed by atoms with Crippen LogP contribution in [-0.2, 0) is 10.0 Å². The Morgan fingerprint density at radius 2 is 1.55 bits per heavy atom. The summed E-state index contributed by atoms with van der Waals surface area (Å²) >= 11 is 0. The molecular weight excluding hydrogens is 408 g/mol. The number of carbonyl (C=O) groups excluding carboxylic acids is 1. The minimum absolute atomic E-state index is 0.140. The molecule has 0 spiro atoms. The lowest BCUT2D eigenvalue weighted by atomic mass is 10.0. The maximum absolute atomic E-state index is 13.0. The molecule has 3 rings (SSSR count). The lowest BCUT2D eigenvalue weighted by molar-refractivity contribution is 0.0939. The van der Waals surface area contributed by atoms with Crippen molar-refractivity contribution in [1.29, 1.82) is 0 Å². The van der Waals surface area contributed by atoms with Crippen molar-refractivity contribution in [2.45, 2.75) is 38.6 Å². The third-order valence-electron chi connectivity index (χ3n) is 5.48. The van der Waals surface area contributed by atoms with E-state index in [0.29, 0.717) is 16.8 Å². The van der Waals surface area contributed by atoms with E-state index in [0.717, 1.165) is 16.7 Å². The Bertz CT molecular complexity index is 1200. The molecule has 0 saturated heterocycles. The number of nitrogens with one attached hydrogen (secondary N) is 1. The lowest BCUT2D eigenvalue weighted by Crippen LogP contribution is -2.28. The van der Waals surface area contributed by atoms with Gasteiger partial charge < -0.3 is 5.32 Å². The zero-order valence-corrected chi connectivity index (χ0v) is 19.3. The number of amides is 1. The lowest BCUT2D eigenvalue weighted by Gasteiger charge is -2.22. The Hall–Kier alpha value is -3.12. The molecule has 0 radical (unpaired) electrons. The van der Waals surface area contributed by atoms with Gasteiger partial charge in [-0.3, -0.25) is 9.10 Å². The average Bonchev–Trinajstić information content (AvgIpc) is 2.73. The number of aryl methyl sites for hydroxylation is 3. The van der Waals surface area contributed by atoms with Gasteiger partial charge in [0.25, 0.3) is 15.9 Å². The van der Waals surface area contributed by atoms with E-state index in [9.17, 15) is 13.2 Å². The second-order valence-corrected chi connectivity index (χ2v) is 9.81.